The van der Waals surface area contributed by atoms with Crippen LogP contribution in [0.4, 0.5) is 0 Å². The molecular weight excluding hydrogens is 278 g/mol. The molecule has 0 radical (unpaired) electrons. The topological polar surface area (TPSA) is 54.7 Å². The highest BCUT2D eigenvalue weighted by atomic mass is 79.9. The van der Waals surface area contributed by atoms with Crippen LogP contribution in [0.25, 0.3) is 11.3 Å². The van der Waals surface area contributed by atoms with E-state index in [0.29, 0.717) is 6.54 Å². The van der Waals surface area contributed by atoms with Crippen molar-refractivity contribution in [3.05, 3.63) is 40.3 Å². The standard InChI is InChI=1S/C13H16BrN3/c1-2-9-3-5-10(6-4-9)12-11(7-8-15)16-13(14)17-12/h3-6H,2,7-8,15H2,1H3,(H,16,17). The lowest BCUT2D eigenvalue weighted by Crippen LogP contribution is -2.04. The number of imidazole rings is 1. The summed E-state index contributed by atoms with van der Waals surface area (Å²) in [4.78, 5) is 7.66. The Bertz CT molecular complexity index is 488. The van der Waals surface area contributed by atoms with Crippen molar-refractivity contribution in [3.8, 4) is 11.3 Å². The Hall–Kier alpha value is -1.13. The van der Waals surface area contributed by atoms with Gasteiger partial charge in [-0.1, -0.05) is 31.2 Å². The SMILES string of the molecule is CCc1ccc(-c2nc(Br)[nH]c2CCN)cc1. The van der Waals surface area contributed by atoms with Crippen molar-refractivity contribution >= 4 is 15.9 Å². The number of hydrogen-bond donors (Lipinski definition) is 2. The van der Waals surface area contributed by atoms with Crippen LogP contribution in [0.15, 0.2) is 29.0 Å². The highest BCUT2D eigenvalue weighted by molar-refractivity contribution is 9.10. The molecular formula is C13H16BrN3. The van der Waals surface area contributed by atoms with E-state index in [1.54, 1.807) is 0 Å². The first-order valence-corrected chi connectivity index (χ1v) is 6.57. The predicted octanol–water partition coefficient (Wildman–Crippen LogP) is 2.90. The van der Waals surface area contributed by atoms with E-state index >= 15 is 0 Å². The lowest BCUT2D eigenvalue weighted by molar-refractivity contribution is 0.934. The number of aryl methyl sites for hydroxylation is 1. The van der Waals surface area contributed by atoms with E-state index in [4.69, 9.17) is 5.73 Å². The maximum absolute atomic E-state index is 5.60. The molecule has 0 atom stereocenters. The smallest absolute Gasteiger partial charge is 0.175 e. The van der Waals surface area contributed by atoms with Gasteiger partial charge in [0.1, 0.15) is 0 Å². The molecule has 0 aliphatic heterocycles. The molecule has 0 saturated carbocycles. The minimum atomic E-state index is 0.620. The third-order valence-electron chi connectivity index (χ3n) is 2.78. The molecule has 1 heterocycles. The van der Waals surface area contributed by atoms with Gasteiger partial charge in [-0.25, -0.2) is 4.98 Å². The zero-order valence-corrected chi connectivity index (χ0v) is 11.4. The number of nitrogens with two attached hydrogens (primary N) is 1. The fraction of sp³-hybridized carbons (Fsp3) is 0.308. The molecule has 4 heteroatoms. The molecule has 17 heavy (non-hydrogen) atoms. The quantitative estimate of drug-likeness (QED) is 0.911. The molecule has 90 valence electrons. The van der Waals surface area contributed by atoms with Crippen LogP contribution in [0.1, 0.15) is 18.2 Å². The van der Waals surface area contributed by atoms with Crippen molar-refractivity contribution in [2.24, 2.45) is 5.73 Å². The minimum Gasteiger partial charge on any atom is -0.336 e. The van der Waals surface area contributed by atoms with Gasteiger partial charge in [0.2, 0.25) is 0 Å². The average Bonchev–Trinajstić information content (AvgIpc) is 2.71. The van der Waals surface area contributed by atoms with Crippen molar-refractivity contribution in [2.75, 3.05) is 6.54 Å². The Morgan fingerprint density at radius 3 is 2.59 bits per heavy atom. The Morgan fingerprint density at radius 2 is 2.00 bits per heavy atom. The Balaban J connectivity index is 2.37. The predicted molar refractivity (Wildman–Crippen MR) is 73.9 cm³/mol. The highest BCUT2D eigenvalue weighted by Crippen LogP contribution is 2.24. The number of hydrogen-bond acceptors (Lipinski definition) is 2. The number of benzene rings is 1. The summed E-state index contributed by atoms with van der Waals surface area (Å²) in [5.41, 5.74) is 10.1. The summed E-state index contributed by atoms with van der Waals surface area (Å²) in [6, 6.07) is 8.51. The maximum Gasteiger partial charge on any atom is 0.175 e. The number of aromatic amines is 1. The normalized spacial score (nSPS) is 10.8. The number of nitrogens with one attached hydrogen (secondary N) is 1. The summed E-state index contributed by atoms with van der Waals surface area (Å²) in [7, 11) is 0. The summed E-state index contributed by atoms with van der Waals surface area (Å²) < 4.78 is 0.760. The molecule has 0 aliphatic carbocycles. The lowest BCUT2D eigenvalue weighted by Gasteiger charge is -2.02. The first-order chi connectivity index (χ1) is 8.24. The molecule has 2 rings (SSSR count). The third-order valence-corrected chi connectivity index (χ3v) is 3.16. The van der Waals surface area contributed by atoms with Gasteiger partial charge in [-0.15, -0.1) is 0 Å². The van der Waals surface area contributed by atoms with Crippen LogP contribution < -0.4 is 5.73 Å². The van der Waals surface area contributed by atoms with E-state index in [9.17, 15) is 0 Å². The molecule has 1 aromatic heterocycles. The Kier molecular flexibility index (Phi) is 3.97. The summed E-state index contributed by atoms with van der Waals surface area (Å²) in [6.45, 7) is 2.77. The lowest BCUT2D eigenvalue weighted by atomic mass is 10.1. The first-order valence-electron chi connectivity index (χ1n) is 5.78. The summed E-state index contributed by atoms with van der Waals surface area (Å²) in [5, 5.41) is 0. The second-order valence-electron chi connectivity index (χ2n) is 3.94. The summed E-state index contributed by atoms with van der Waals surface area (Å²) >= 11 is 3.37. The van der Waals surface area contributed by atoms with E-state index in [1.165, 1.54) is 5.56 Å². The number of H-pyrrole nitrogens is 1. The molecule has 0 bridgehead atoms. The highest BCUT2D eigenvalue weighted by Gasteiger charge is 2.10. The molecule has 1 aromatic carbocycles. The molecule has 0 aliphatic rings. The van der Waals surface area contributed by atoms with Crippen LogP contribution in [-0.4, -0.2) is 16.5 Å². The molecule has 0 amide bonds. The monoisotopic (exact) mass is 293 g/mol. The van der Waals surface area contributed by atoms with E-state index < -0.39 is 0 Å². The zero-order chi connectivity index (χ0) is 12.3. The van der Waals surface area contributed by atoms with Gasteiger partial charge in [0, 0.05) is 17.7 Å². The number of nitrogens with zero attached hydrogens (tertiary/aromatic N) is 1. The molecule has 0 unspecified atom stereocenters. The fourth-order valence-corrected chi connectivity index (χ4v) is 2.26. The van der Waals surface area contributed by atoms with Crippen molar-refractivity contribution in [1.82, 2.24) is 9.97 Å². The number of rotatable bonds is 4. The van der Waals surface area contributed by atoms with E-state index in [-0.39, 0.29) is 0 Å². The molecule has 0 fully saturated rings. The van der Waals surface area contributed by atoms with Crippen LogP contribution in [0, 0.1) is 0 Å². The Morgan fingerprint density at radius 1 is 1.29 bits per heavy atom. The van der Waals surface area contributed by atoms with Gasteiger partial charge in [0.25, 0.3) is 0 Å². The molecule has 0 saturated heterocycles. The van der Waals surface area contributed by atoms with E-state index in [0.717, 1.165) is 34.5 Å². The summed E-state index contributed by atoms with van der Waals surface area (Å²) in [5.74, 6) is 0. The van der Waals surface area contributed by atoms with Gasteiger partial charge < -0.3 is 10.7 Å². The van der Waals surface area contributed by atoms with Crippen LogP contribution in [0.5, 0.6) is 0 Å². The van der Waals surface area contributed by atoms with E-state index in [1.807, 2.05) is 0 Å². The van der Waals surface area contributed by atoms with E-state index in [2.05, 4.69) is 57.1 Å². The van der Waals surface area contributed by atoms with Crippen LogP contribution in [0.2, 0.25) is 0 Å². The second-order valence-corrected chi connectivity index (χ2v) is 4.70. The Labute approximate surface area is 110 Å². The summed E-state index contributed by atoms with van der Waals surface area (Å²) in [6.07, 6.45) is 1.86. The second kappa shape index (κ2) is 5.47. The maximum atomic E-state index is 5.60. The molecule has 0 spiro atoms. The van der Waals surface area contributed by atoms with Crippen molar-refractivity contribution in [2.45, 2.75) is 19.8 Å². The van der Waals surface area contributed by atoms with Crippen LogP contribution in [0.3, 0.4) is 0 Å². The molecule has 3 nitrogen and oxygen atoms in total. The zero-order valence-electron chi connectivity index (χ0n) is 9.83. The van der Waals surface area contributed by atoms with Crippen molar-refractivity contribution in [1.29, 1.82) is 0 Å². The minimum absolute atomic E-state index is 0.620. The number of halogens is 1. The van der Waals surface area contributed by atoms with Gasteiger partial charge in [-0.2, -0.15) is 0 Å². The average molecular weight is 294 g/mol. The molecule has 2 aromatic rings. The fourth-order valence-electron chi connectivity index (χ4n) is 1.84. The van der Waals surface area contributed by atoms with Crippen LogP contribution >= 0.6 is 15.9 Å². The van der Waals surface area contributed by atoms with Crippen LogP contribution in [-0.2, 0) is 12.8 Å². The van der Waals surface area contributed by atoms with Crippen molar-refractivity contribution < 1.29 is 0 Å². The first kappa shape index (κ1) is 12.3. The van der Waals surface area contributed by atoms with Gasteiger partial charge >= 0.3 is 0 Å². The van der Waals surface area contributed by atoms with Gasteiger partial charge in [0.05, 0.1) is 5.69 Å². The van der Waals surface area contributed by atoms with Gasteiger partial charge in [0.15, 0.2) is 4.73 Å². The van der Waals surface area contributed by atoms with Gasteiger partial charge in [-0.3, -0.25) is 0 Å². The molecule has 3 N–H and O–H groups in total. The van der Waals surface area contributed by atoms with Crippen molar-refractivity contribution in [3.63, 3.8) is 0 Å². The number of aromatic nitrogens is 2. The third kappa shape index (κ3) is 2.76. The van der Waals surface area contributed by atoms with Gasteiger partial charge in [-0.05, 0) is 34.5 Å². The largest absolute Gasteiger partial charge is 0.336 e.